The molecule has 0 fully saturated rings. The molecule has 1 aromatic carbocycles. The number of rotatable bonds is 5. The van der Waals surface area contributed by atoms with Crippen LogP contribution in [0.2, 0.25) is 0 Å². The quantitative estimate of drug-likeness (QED) is 0.889. The Bertz CT molecular complexity index is 605. The van der Waals surface area contributed by atoms with Crippen LogP contribution >= 0.6 is 11.3 Å². The Balaban J connectivity index is 1.98. The van der Waals surface area contributed by atoms with E-state index in [1.54, 1.807) is 11.3 Å². The number of nitrogens with one attached hydrogen (secondary N) is 1. The standard InChI is InChI=1S/C16H20N2O2S/c1-10(2)15(19)8-16(20)18-13-6-4-12(5-7-13)14-9-21-11(3)17-14/h4-7,9-10,15,19H,8H2,1-3H3,(H,18,20). The number of aliphatic hydroxyl groups excluding tert-OH is 1. The second kappa shape index (κ2) is 6.83. The fourth-order valence-electron chi connectivity index (χ4n) is 1.86. The van der Waals surface area contributed by atoms with Crippen molar-refractivity contribution < 1.29 is 9.90 Å². The number of hydrogen-bond donors (Lipinski definition) is 2. The van der Waals surface area contributed by atoms with Crippen LogP contribution in [0.3, 0.4) is 0 Å². The normalized spacial score (nSPS) is 12.4. The number of aliphatic hydroxyl groups is 1. The van der Waals surface area contributed by atoms with Gasteiger partial charge in [-0.15, -0.1) is 11.3 Å². The van der Waals surface area contributed by atoms with Crippen molar-refractivity contribution in [2.75, 3.05) is 5.32 Å². The van der Waals surface area contributed by atoms with Gasteiger partial charge in [-0.1, -0.05) is 26.0 Å². The molecule has 2 N–H and O–H groups in total. The highest BCUT2D eigenvalue weighted by Crippen LogP contribution is 2.23. The molecule has 1 atom stereocenters. The van der Waals surface area contributed by atoms with Crippen molar-refractivity contribution in [3.63, 3.8) is 0 Å². The molecule has 0 saturated heterocycles. The Morgan fingerprint density at radius 3 is 2.52 bits per heavy atom. The summed E-state index contributed by atoms with van der Waals surface area (Å²) in [5.74, 6) is -0.0977. The number of benzene rings is 1. The van der Waals surface area contributed by atoms with Crippen molar-refractivity contribution in [3.8, 4) is 11.3 Å². The number of anilines is 1. The van der Waals surface area contributed by atoms with Gasteiger partial charge in [0.2, 0.25) is 5.91 Å². The SMILES string of the molecule is Cc1nc(-c2ccc(NC(=O)CC(O)C(C)C)cc2)cs1. The summed E-state index contributed by atoms with van der Waals surface area (Å²) in [5, 5.41) is 15.5. The van der Waals surface area contributed by atoms with Crippen molar-refractivity contribution >= 4 is 22.9 Å². The molecule has 0 bridgehead atoms. The number of nitrogens with zero attached hydrogens (tertiary/aromatic N) is 1. The first-order valence-corrected chi connectivity index (χ1v) is 7.84. The third-order valence-electron chi connectivity index (χ3n) is 3.25. The van der Waals surface area contributed by atoms with E-state index in [1.165, 1.54) is 0 Å². The van der Waals surface area contributed by atoms with Crippen LogP contribution in [-0.2, 0) is 4.79 Å². The van der Waals surface area contributed by atoms with Gasteiger partial charge in [-0.2, -0.15) is 0 Å². The topological polar surface area (TPSA) is 62.2 Å². The van der Waals surface area contributed by atoms with Crippen LogP contribution in [0.15, 0.2) is 29.6 Å². The molecule has 0 saturated carbocycles. The Morgan fingerprint density at radius 1 is 1.33 bits per heavy atom. The van der Waals surface area contributed by atoms with Gasteiger partial charge in [0.1, 0.15) is 0 Å². The number of hydrogen-bond acceptors (Lipinski definition) is 4. The average Bonchev–Trinajstić information content (AvgIpc) is 2.86. The molecule has 2 aromatic rings. The zero-order valence-corrected chi connectivity index (χ0v) is 13.3. The predicted octanol–water partition coefficient (Wildman–Crippen LogP) is 3.46. The van der Waals surface area contributed by atoms with Crippen molar-refractivity contribution in [2.45, 2.75) is 33.3 Å². The lowest BCUT2D eigenvalue weighted by Crippen LogP contribution is -2.23. The lowest BCUT2D eigenvalue weighted by Gasteiger charge is -2.14. The smallest absolute Gasteiger partial charge is 0.226 e. The van der Waals surface area contributed by atoms with Crippen molar-refractivity contribution in [1.82, 2.24) is 4.98 Å². The molecule has 0 spiro atoms. The largest absolute Gasteiger partial charge is 0.392 e. The van der Waals surface area contributed by atoms with E-state index in [-0.39, 0.29) is 18.2 Å². The molecule has 1 unspecified atom stereocenters. The van der Waals surface area contributed by atoms with Gasteiger partial charge in [0.15, 0.2) is 0 Å². The van der Waals surface area contributed by atoms with E-state index in [4.69, 9.17) is 0 Å². The van der Waals surface area contributed by atoms with Crippen LogP contribution in [0.1, 0.15) is 25.3 Å². The molecule has 0 aliphatic carbocycles. The van der Waals surface area contributed by atoms with Gasteiger partial charge < -0.3 is 10.4 Å². The minimum absolute atomic E-state index is 0.0750. The van der Waals surface area contributed by atoms with Crippen LogP contribution in [0.25, 0.3) is 11.3 Å². The Labute approximate surface area is 128 Å². The van der Waals surface area contributed by atoms with Crippen molar-refractivity contribution in [1.29, 1.82) is 0 Å². The average molecular weight is 304 g/mol. The van der Waals surface area contributed by atoms with Gasteiger partial charge in [0, 0.05) is 16.6 Å². The van der Waals surface area contributed by atoms with Crippen LogP contribution in [-0.4, -0.2) is 22.1 Å². The number of amides is 1. The van der Waals surface area contributed by atoms with E-state index < -0.39 is 6.10 Å². The summed E-state index contributed by atoms with van der Waals surface area (Å²) in [5.41, 5.74) is 2.71. The maximum Gasteiger partial charge on any atom is 0.226 e. The summed E-state index contributed by atoms with van der Waals surface area (Å²) in [6.45, 7) is 5.76. The fraction of sp³-hybridized carbons (Fsp3) is 0.375. The second-order valence-electron chi connectivity index (χ2n) is 5.39. The van der Waals surface area contributed by atoms with Crippen molar-refractivity contribution in [2.24, 2.45) is 5.92 Å². The summed E-state index contributed by atoms with van der Waals surface area (Å²) in [6.07, 6.45) is -0.493. The Morgan fingerprint density at radius 2 is 2.00 bits per heavy atom. The third-order valence-corrected chi connectivity index (χ3v) is 4.02. The number of carbonyl (C=O) groups is 1. The monoisotopic (exact) mass is 304 g/mol. The van der Waals surface area contributed by atoms with E-state index in [9.17, 15) is 9.90 Å². The zero-order valence-electron chi connectivity index (χ0n) is 12.5. The van der Waals surface area contributed by atoms with Crippen LogP contribution in [0.5, 0.6) is 0 Å². The minimum Gasteiger partial charge on any atom is -0.392 e. The molecule has 1 aromatic heterocycles. The number of thiazole rings is 1. The van der Waals surface area contributed by atoms with Gasteiger partial charge in [0.05, 0.1) is 23.2 Å². The molecule has 0 radical (unpaired) electrons. The summed E-state index contributed by atoms with van der Waals surface area (Å²) in [4.78, 5) is 16.2. The van der Waals surface area contributed by atoms with Gasteiger partial charge in [0.25, 0.3) is 0 Å². The molecule has 0 aliphatic rings. The summed E-state index contributed by atoms with van der Waals surface area (Å²) >= 11 is 1.61. The van der Waals surface area contributed by atoms with Gasteiger partial charge in [-0.3, -0.25) is 4.79 Å². The predicted molar refractivity (Wildman–Crippen MR) is 86.4 cm³/mol. The maximum atomic E-state index is 11.8. The summed E-state index contributed by atoms with van der Waals surface area (Å²) in [6, 6.07) is 7.57. The van der Waals surface area contributed by atoms with Crippen LogP contribution < -0.4 is 5.32 Å². The molecule has 5 heteroatoms. The Kier molecular flexibility index (Phi) is 5.09. The van der Waals surface area contributed by atoms with E-state index >= 15 is 0 Å². The van der Waals surface area contributed by atoms with Gasteiger partial charge >= 0.3 is 0 Å². The molecule has 112 valence electrons. The molecule has 1 heterocycles. The van der Waals surface area contributed by atoms with Gasteiger partial charge in [-0.25, -0.2) is 4.98 Å². The van der Waals surface area contributed by atoms with E-state index in [0.717, 1.165) is 22.0 Å². The maximum absolute atomic E-state index is 11.8. The minimum atomic E-state index is -0.609. The molecular weight excluding hydrogens is 284 g/mol. The molecule has 1 amide bonds. The zero-order chi connectivity index (χ0) is 15.4. The lowest BCUT2D eigenvalue weighted by molar-refractivity contribution is -0.118. The number of aromatic nitrogens is 1. The number of carbonyl (C=O) groups excluding carboxylic acids is 1. The van der Waals surface area contributed by atoms with Crippen molar-refractivity contribution in [3.05, 3.63) is 34.7 Å². The van der Waals surface area contributed by atoms with E-state index in [1.807, 2.05) is 50.4 Å². The highest BCUT2D eigenvalue weighted by atomic mass is 32.1. The molecule has 2 rings (SSSR count). The van der Waals surface area contributed by atoms with Crippen LogP contribution in [0, 0.1) is 12.8 Å². The number of aryl methyl sites for hydroxylation is 1. The first kappa shape index (κ1) is 15.7. The third kappa shape index (κ3) is 4.37. The van der Waals surface area contributed by atoms with E-state index in [2.05, 4.69) is 10.3 Å². The Hall–Kier alpha value is -1.72. The fourth-order valence-corrected chi connectivity index (χ4v) is 2.48. The lowest BCUT2D eigenvalue weighted by atomic mass is 10.0. The van der Waals surface area contributed by atoms with E-state index in [0.29, 0.717) is 0 Å². The molecule has 0 aliphatic heterocycles. The second-order valence-corrected chi connectivity index (χ2v) is 6.46. The van der Waals surface area contributed by atoms with Gasteiger partial charge in [-0.05, 0) is 25.0 Å². The molecule has 4 nitrogen and oxygen atoms in total. The first-order chi connectivity index (χ1) is 9.95. The van der Waals surface area contributed by atoms with Crippen LogP contribution in [0.4, 0.5) is 5.69 Å². The molecular formula is C16H20N2O2S. The first-order valence-electron chi connectivity index (χ1n) is 6.96. The summed E-state index contributed by atoms with van der Waals surface area (Å²) in [7, 11) is 0. The highest BCUT2D eigenvalue weighted by molar-refractivity contribution is 7.09. The molecule has 21 heavy (non-hydrogen) atoms. The highest BCUT2D eigenvalue weighted by Gasteiger charge is 2.14. The summed E-state index contributed by atoms with van der Waals surface area (Å²) < 4.78 is 0.